The predicted octanol–water partition coefficient (Wildman–Crippen LogP) is 3.33. The van der Waals surface area contributed by atoms with Crippen molar-refractivity contribution in [1.29, 1.82) is 0 Å². The van der Waals surface area contributed by atoms with Crippen LogP contribution in [0.25, 0.3) is 0 Å². The molecule has 0 aliphatic rings. The van der Waals surface area contributed by atoms with E-state index in [0.29, 0.717) is 35.5 Å². The number of carbonyl (C=O) groups excluding carboxylic acids is 4. The van der Waals surface area contributed by atoms with Crippen LogP contribution in [-0.4, -0.2) is 37.1 Å². The molecule has 0 heterocycles. The van der Waals surface area contributed by atoms with Gasteiger partial charge in [-0.2, -0.15) is 0 Å². The van der Waals surface area contributed by atoms with E-state index in [1.807, 2.05) is 0 Å². The first kappa shape index (κ1) is 22.6. The monoisotopic (exact) mass is 414 g/mol. The van der Waals surface area contributed by atoms with Gasteiger partial charge in [0.25, 0.3) is 0 Å². The molecule has 0 N–H and O–H groups in total. The third-order valence-electron chi connectivity index (χ3n) is 3.71. The normalized spacial score (nSPS) is 10.1. The van der Waals surface area contributed by atoms with Gasteiger partial charge in [0.15, 0.2) is 0 Å². The molecule has 0 aliphatic carbocycles. The second-order valence-corrected chi connectivity index (χ2v) is 6.21. The van der Waals surface area contributed by atoms with E-state index in [0.717, 1.165) is 0 Å². The number of hydrogen-bond donors (Lipinski definition) is 0. The lowest BCUT2D eigenvalue weighted by Gasteiger charge is -2.07. The van der Waals surface area contributed by atoms with Gasteiger partial charge < -0.3 is 18.9 Å². The summed E-state index contributed by atoms with van der Waals surface area (Å²) in [5, 5.41) is 0. The third kappa shape index (κ3) is 7.75. The molecule has 30 heavy (non-hydrogen) atoms. The summed E-state index contributed by atoms with van der Waals surface area (Å²) in [5.41, 5.74) is 0.684. The van der Waals surface area contributed by atoms with Crippen LogP contribution < -0.4 is 9.47 Å². The van der Waals surface area contributed by atoms with Gasteiger partial charge in [-0.15, -0.1) is 0 Å². The van der Waals surface area contributed by atoms with Gasteiger partial charge in [-0.3, -0.25) is 9.59 Å². The van der Waals surface area contributed by atoms with E-state index in [9.17, 15) is 19.2 Å². The van der Waals surface area contributed by atoms with Crippen LogP contribution in [0, 0.1) is 0 Å². The van der Waals surface area contributed by atoms with E-state index in [-0.39, 0.29) is 13.2 Å². The van der Waals surface area contributed by atoms with Crippen LogP contribution in [0.2, 0.25) is 0 Å². The zero-order valence-electron chi connectivity index (χ0n) is 16.7. The van der Waals surface area contributed by atoms with Crippen molar-refractivity contribution >= 4 is 23.9 Å². The summed E-state index contributed by atoms with van der Waals surface area (Å²) in [6.07, 6.45) is 1.05. The Kier molecular flexibility index (Phi) is 8.56. The highest BCUT2D eigenvalue weighted by molar-refractivity contribution is 5.90. The number of rotatable bonds is 9. The zero-order chi connectivity index (χ0) is 21.9. The van der Waals surface area contributed by atoms with Crippen molar-refractivity contribution in [3.8, 4) is 11.5 Å². The molecule has 0 amide bonds. The van der Waals surface area contributed by atoms with E-state index in [2.05, 4.69) is 0 Å². The molecule has 0 spiro atoms. The zero-order valence-corrected chi connectivity index (χ0v) is 16.7. The minimum Gasteiger partial charge on any atom is -0.462 e. The topological polar surface area (TPSA) is 105 Å². The molecule has 158 valence electrons. The highest BCUT2D eigenvalue weighted by atomic mass is 16.5. The van der Waals surface area contributed by atoms with Crippen LogP contribution in [0.1, 0.15) is 47.4 Å². The Bertz CT molecular complexity index is 809. The van der Waals surface area contributed by atoms with Crippen LogP contribution in [-0.2, 0) is 19.1 Å². The lowest BCUT2D eigenvalue weighted by Crippen LogP contribution is -2.09. The average Bonchev–Trinajstić information content (AvgIpc) is 2.70. The second-order valence-electron chi connectivity index (χ2n) is 6.21. The summed E-state index contributed by atoms with van der Waals surface area (Å²) in [6, 6.07) is 12.1. The first-order chi connectivity index (χ1) is 14.3. The van der Waals surface area contributed by atoms with Gasteiger partial charge >= 0.3 is 23.9 Å². The molecule has 2 aromatic rings. The molecule has 2 aromatic carbocycles. The Labute approximate surface area is 173 Å². The number of benzene rings is 2. The number of unbranched alkanes of at least 4 members (excludes halogenated alkanes) is 1. The largest absolute Gasteiger partial charge is 0.462 e. The highest BCUT2D eigenvalue weighted by Crippen LogP contribution is 2.14. The lowest BCUT2D eigenvalue weighted by atomic mass is 10.2. The van der Waals surface area contributed by atoms with E-state index < -0.39 is 23.9 Å². The lowest BCUT2D eigenvalue weighted by molar-refractivity contribution is -0.132. The van der Waals surface area contributed by atoms with Gasteiger partial charge in [0.05, 0.1) is 24.3 Å². The molecule has 0 bridgehead atoms. The van der Waals surface area contributed by atoms with Crippen molar-refractivity contribution in [1.82, 2.24) is 0 Å². The van der Waals surface area contributed by atoms with E-state index in [1.165, 1.54) is 62.4 Å². The molecule has 0 radical (unpaired) electrons. The predicted molar refractivity (Wildman–Crippen MR) is 105 cm³/mol. The minimum absolute atomic E-state index is 0.180. The van der Waals surface area contributed by atoms with Crippen molar-refractivity contribution in [2.24, 2.45) is 0 Å². The van der Waals surface area contributed by atoms with Crippen molar-refractivity contribution in [2.45, 2.75) is 26.7 Å². The summed E-state index contributed by atoms with van der Waals surface area (Å²) < 4.78 is 20.1. The fourth-order valence-corrected chi connectivity index (χ4v) is 2.35. The van der Waals surface area contributed by atoms with Crippen molar-refractivity contribution in [3.63, 3.8) is 0 Å². The van der Waals surface area contributed by atoms with E-state index >= 15 is 0 Å². The Balaban J connectivity index is 1.64. The highest BCUT2D eigenvalue weighted by Gasteiger charge is 2.09. The van der Waals surface area contributed by atoms with Crippen molar-refractivity contribution < 1.29 is 38.1 Å². The Morgan fingerprint density at radius 3 is 1.23 bits per heavy atom. The number of esters is 4. The summed E-state index contributed by atoms with van der Waals surface area (Å²) in [4.78, 5) is 45.6. The Morgan fingerprint density at radius 2 is 0.933 bits per heavy atom. The molecule has 2 rings (SSSR count). The minimum atomic E-state index is -0.491. The maximum Gasteiger partial charge on any atom is 0.338 e. The summed E-state index contributed by atoms with van der Waals surface area (Å²) >= 11 is 0. The maximum atomic E-state index is 12.0. The van der Waals surface area contributed by atoms with Gasteiger partial charge in [0.1, 0.15) is 11.5 Å². The molecule has 8 nitrogen and oxygen atoms in total. The molecular formula is C22H22O8. The molecule has 0 saturated heterocycles. The molecule has 0 fully saturated rings. The molecule has 0 aliphatic heterocycles. The number of hydrogen-bond acceptors (Lipinski definition) is 8. The van der Waals surface area contributed by atoms with Crippen LogP contribution in [0.15, 0.2) is 48.5 Å². The fourth-order valence-electron chi connectivity index (χ4n) is 2.35. The van der Waals surface area contributed by atoms with Gasteiger partial charge in [-0.25, -0.2) is 9.59 Å². The molecule has 0 saturated carbocycles. The molecule has 0 aromatic heterocycles. The third-order valence-corrected chi connectivity index (χ3v) is 3.71. The van der Waals surface area contributed by atoms with Crippen molar-refractivity contribution in [3.05, 3.63) is 59.7 Å². The van der Waals surface area contributed by atoms with Gasteiger partial charge in [0.2, 0.25) is 0 Å². The molecule has 0 atom stereocenters. The van der Waals surface area contributed by atoms with Gasteiger partial charge in [-0.05, 0) is 61.4 Å². The number of carbonyl (C=O) groups is 4. The first-order valence-electron chi connectivity index (χ1n) is 9.26. The smallest absolute Gasteiger partial charge is 0.338 e. The maximum absolute atomic E-state index is 12.0. The van der Waals surface area contributed by atoms with Crippen LogP contribution >= 0.6 is 0 Å². The second kappa shape index (κ2) is 11.4. The number of ether oxygens (including phenoxy) is 4. The fraction of sp³-hybridized carbons (Fsp3) is 0.273. The van der Waals surface area contributed by atoms with E-state index in [4.69, 9.17) is 18.9 Å². The van der Waals surface area contributed by atoms with Crippen LogP contribution in [0.4, 0.5) is 0 Å². The first-order valence-corrected chi connectivity index (χ1v) is 9.26. The molecular weight excluding hydrogens is 392 g/mol. The Morgan fingerprint density at radius 1 is 0.600 bits per heavy atom. The molecule has 8 heteroatoms. The standard InChI is InChI=1S/C22H22O8/c1-15(23)29-19-9-5-17(6-10-19)21(25)27-13-3-4-14-28-22(26)18-7-11-20(12-8-18)30-16(2)24/h5-12H,3-4,13-14H2,1-2H3. The van der Waals surface area contributed by atoms with Crippen molar-refractivity contribution in [2.75, 3.05) is 13.2 Å². The summed E-state index contributed by atoms with van der Waals surface area (Å²) in [6.45, 7) is 2.94. The Hall–Kier alpha value is -3.68. The average molecular weight is 414 g/mol. The SMILES string of the molecule is CC(=O)Oc1ccc(C(=O)OCCCCOC(=O)c2ccc(OC(C)=O)cc2)cc1. The van der Waals surface area contributed by atoms with E-state index in [1.54, 1.807) is 0 Å². The van der Waals surface area contributed by atoms with Gasteiger partial charge in [0, 0.05) is 13.8 Å². The molecule has 0 unspecified atom stereocenters. The summed E-state index contributed by atoms with van der Waals surface area (Å²) in [7, 11) is 0. The van der Waals surface area contributed by atoms with Crippen LogP contribution in [0.5, 0.6) is 11.5 Å². The summed E-state index contributed by atoms with van der Waals surface area (Å²) in [5.74, 6) is -1.16. The quantitative estimate of drug-likeness (QED) is 0.350. The van der Waals surface area contributed by atoms with Gasteiger partial charge in [-0.1, -0.05) is 0 Å². The van der Waals surface area contributed by atoms with Crippen LogP contribution in [0.3, 0.4) is 0 Å².